The van der Waals surface area contributed by atoms with E-state index in [1.165, 1.54) is 0 Å². The van der Waals surface area contributed by atoms with Crippen LogP contribution in [0.15, 0.2) is 6.07 Å². The zero-order valence-corrected chi connectivity index (χ0v) is 10.9. The van der Waals surface area contributed by atoms with Crippen molar-refractivity contribution < 1.29 is 5.11 Å². The van der Waals surface area contributed by atoms with Gasteiger partial charge in [0.05, 0.1) is 6.61 Å². The molecule has 1 aliphatic rings. The molecular formula is C12H21N5O. The van der Waals surface area contributed by atoms with Gasteiger partial charge in [-0.3, -0.25) is 0 Å². The number of rotatable bonds is 6. The summed E-state index contributed by atoms with van der Waals surface area (Å²) in [6, 6.07) is 1.78. The zero-order chi connectivity index (χ0) is 13.2. The van der Waals surface area contributed by atoms with Crippen LogP contribution >= 0.6 is 0 Å². The van der Waals surface area contributed by atoms with Crippen LogP contribution in [0.5, 0.6) is 0 Å². The number of aliphatic hydroxyl groups is 1. The number of nitrogen functional groups attached to an aromatic ring is 1. The van der Waals surface area contributed by atoms with Crippen LogP contribution in [0.3, 0.4) is 0 Å². The first kappa shape index (κ1) is 13.0. The Balaban J connectivity index is 2.09. The number of hydrogen-bond acceptors (Lipinski definition) is 6. The third-order valence-corrected chi connectivity index (χ3v) is 3.34. The first-order chi connectivity index (χ1) is 8.58. The van der Waals surface area contributed by atoms with Crippen molar-refractivity contribution in [2.75, 3.05) is 23.9 Å². The molecule has 0 radical (unpaired) electrons. The van der Waals surface area contributed by atoms with Gasteiger partial charge in [-0.25, -0.2) is 15.8 Å². The molecule has 1 aromatic heterocycles. The van der Waals surface area contributed by atoms with Gasteiger partial charge in [-0.05, 0) is 12.8 Å². The van der Waals surface area contributed by atoms with Crippen LogP contribution in [0.2, 0.25) is 0 Å². The lowest BCUT2D eigenvalue weighted by Gasteiger charge is -2.15. The van der Waals surface area contributed by atoms with E-state index in [1.54, 1.807) is 6.07 Å². The Morgan fingerprint density at radius 2 is 2.06 bits per heavy atom. The first-order valence-electron chi connectivity index (χ1n) is 6.29. The largest absolute Gasteiger partial charge is 0.396 e. The molecule has 1 aromatic rings. The van der Waals surface area contributed by atoms with Crippen molar-refractivity contribution in [3.8, 4) is 0 Å². The summed E-state index contributed by atoms with van der Waals surface area (Å²) in [5.74, 6) is 7.75. The molecular weight excluding hydrogens is 230 g/mol. The Morgan fingerprint density at radius 1 is 1.39 bits per heavy atom. The summed E-state index contributed by atoms with van der Waals surface area (Å²) in [7, 11) is 0. The van der Waals surface area contributed by atoms with Crippen molar-refractivity contribution in [1.29, 1.82) is 0 Å². The molecule has 2 rings (SSSR count). The van der Waals surface area contributed by atoms with Gasteiger partial charge >= 0.3 is 0 Å². The minimum absolute atomic E-state index is 0.0548. The van der Waals surface area contributed by atoms with Crippen molar-refractivity contribution in [2.24, 2.45) is 11.3 Å². The summed E-state index contributed by atoms with van der Waals surface area (Å²) in [4.78, 5) is 8.74. The Hall–Kier alpha value is -1.40. The highest BCUT2D eigenvalue weighted by molar-refractivity contribution is 5.47. The summed E-state index contributed by atoms with van der Waals surface area (Å²) in [5, 5.41) is 12.5. The second kappa shape index (κ2) is 5.07. The van der Waals surface area contributed by atoms with Gasteiger partial charge in [-0.2, -0.15) is 0 Å². The van der Waals surface area contributed by atoms with Gasteiger partial charge in [0, 0.05) is 23.9 Å². The fraction of sp³-hybridized carbons (Fsp3) is 0.667. The first-order valence-corrected chi connectivity index (χ1v) is 6.29. The van der Waals surface area contributed by atoms with Crippen LogP contribution in [0.25, 0.3) is 0 Å². The zero-order valence-electron chi connectivity index (χ0n) is 10.9. The summed E-state index contributed by atoms with van der Waals surface area (Å²) in [6.07, 6.45) is 2.14. The van der Waals surface area contributed by atoms with E-state index in [4.69, 9.17) is 5.84 Å². The normalized spacial score (nSPS) is 16.7. The molecule has 0 amide bonds. The summed E-state index contributed by atoms with van der Waals surface area (Å²) < 4.78 is 0. The van der Waals surface area contributed by atoms with E-state index in [1.807, 2.05) is 13.8 Å². The van der Waals surface area contributed by atoms with Gasteiger partial charge in [0.1, 0.15) is 17.5 Å². The van der Waals surface area contributed by atoms with Crippen LogP contribution in [0.1, 0.15) is 38.4 Å². The highest BCUT2D eigenvalue weighted by atomic mass is 16.3. The molecule has 0 aromatic carbocycles. The van der Waals surface area contributed by atoms with E-state index in [-0.39, 0.29) is 17.9 Å². The predicted molar refractivity (Wildman–Crippen MR) is 71.2 cm³/mol. The second-order valence-electron chi connectivity index (χ2n) is 5.31. The lowest BCUT2D eigenvalue weighted by molar-refractivity contribution is 0.219. The van der Waals surface area contributed by atoms with Gasteiger partial charge in [0.25, 0.3) is 0 Å². The van der Waals surface area contributed by atoms with E-state index in [9.17, 15) is 5.11 Å². The van der Waals surface area contributed by atoms with Gasteiger partial charge in [0.15, 0.2) is 0 Å². The van der Waals surface area contributed by atoms with Gasteiger partial charge in [-0.1, -0.05) is 13.8 Å². The lowest BCUT2D eigenvalue weighted by Crippen LogP contribution is -2.20. The molecule has 5 N–H and O–H groups in total. The average Bonchev–Trinajstić information content (AvgIpc) is 3.16. The molecule has 1 saturated carbocycles. The fourth-order valence-corrected chi connectivity index (χ4v) is 1.73. The molecule has 100 valence electrons. The molecule has 0 spiro atoms. The molecule has 1 aliphatic carbocycles. The van der Waals surface area contributed by atoms with E-state index in [0.29, 0.717) is 5.82 Å². The highest BCUT2D eigenvalue weighted by Crippen LogP contribution is 2.44. The van der Waals surface area contributed by atoms with Crippen LogP contribution < -0.4 is 16.6 Å². The molecule has 0 bridgehead atoms. The number of hydrogen-bond donors (Lipinski definition) is 4. The summed E-state index contributed by atoms with van der Waals surface area (Å²) in [5.41, 5.74) is 2.60. The third kappa shape index (κ3) is 2.88. The molecule has 0 aliphatic heterocycles. The maximum atomic E-state index is 9.27. The monoisotopic (exact) mass is 251 g/mol. The van der Waals surface area contributed by atoms with Gasteiger partial charge in [0.2, 0.25) is 0 Å². The van der Waals surface area contributed by atoms with Crippen LogP contribution in [0, 0.1) is 5.41 Å². The molecule has 6 nitrogen and oxygen atoms in total. The molecule has 0 saturated heterocycles. The Morgan fingerprint density at radius 3 is 2.56 bits per heavy atom. The van der Waals surface area contributed by atoms with E-state index < -0.39 is 0 Å². The minimum atomic E-state index is 0.0548. The number of nitrogens with one attached hydrogen (secondary N) is 2. The second-order valence-corrected chi connectivity index (χ2v) is 5.31. The van der Waals surface area contributed by atoms with Gasteiger partial charge < -0.3 is 15.8 Å². The summed E-state index contributed by atoms with van der Waals surface area (Å²) >= 11 is 0. The molecule has 1 fully saturated rings. The maximum absolute atomic E-state index is 9.27. The minimum Gasteiger partial charge on any atom is -0.396 e. The third-order valence-electron chi connectivity index (χ3n) is 3.34. The lowest BCUT2D eigenvalue weighted by atomic mass is 10.1. The van der Waals surface area contributed by atoms with E-state index in [2.05, 4.69) is 20.7 Å². The van der Waals surface area contributed by atoms with Crippen LogP contribution in [-0.4, -0.2) is 28.2 Å². The van der Waals surface area contributed by atoms with Crippen molar-refractivity contribution in [2.45, 2.75) is 32.6 Å². The number of aliphatic hydroxyl groups excluding tert-OH is 1. The van der Waals surface area contributed by atoms with Gasteiger partial charge in [-0.15, -0.1) is 0 Å². The van der Waals surface area contributed by atoms with Crippen molar-refractivity contribution >= 4 is 11.6 Å². The number of nitrogens with two attached hydrogens (primary N) is 1. The predicted octanol–water partition coefficient (Wildman–Crippen LogP) is 1.07. The number of nitrogens with zero attached hydrogens (tertiary/aromatic N) is 2. The molecule has 0 atom stereocenters. The molecule has 1 heterocycles. The van der Waals surface area contributed by atoms with Crippen molar-refractivity contribution in [3.05, 3.63) is 11.9 Å². The SMILES string of the molecule is CC(C)c1nc(NN)cc(NCC2(CO)CC2)n1. The van der Waals surface area contributed by atoms with E-state index >= 15 is 0 Å². The van der Waals surface area contributed by atoms with Crippen molar-refractivity contribution in [1.82, 2.24) is 9.97 Å². The van der Waals surface area contributed by atoms with Crippen molar-refractivity contribution in [3.63, 3.8) is 0 Å². The van der Waals surface area contributed by atoms with E-state index in [0.717, 1.165) is 31.0 Å². The highest BCUT2D eigenvalue weighted by Gasteiger charge is 2.41. The Kier molecular flexibility index (Phi) is 3.68. The molecule has 0 unspecified atom stereocenters. The fourth-order valence-electron chi connectivity index (χ4n) is 1.73. The average molecular weight is 251 g/mol. The standard InChI is InChI=1S/C12H21N5O/c1-8(2)11-15-9(5-10(16-11)17-13)14-6-12(7-18)3-4-12/h5,8,18H,3-4,6-7,13H2,1-2H3,(H2,14,15,16,17). The quantitative estimate of drug-likeness (QED) is 0.446. The smallest absolute Gasteiger partial charge is 0.145 e. The Labute approximate surface area is 107 Å². The van der Waals surface area contributed by atoms with Crippen LogP contribution in [-0.2, 0) is 0 Å². The molecule has 18 heavy (non-hydrogen) atoms. The maximum Gasteiger partial charge on any atom is 0.145 e. The summed E-state index contributed by atoms with van der Waals surface area (Å²) in [6.45, 7) is 5.04. The Bertz CT molecular complexity index is 417. The molecule has 6 heteroatoms. The topological polar surface area (TPSA) is 96.1 Å². The van der Waals surface area contributed by atoms with Crippen LogP contribution in [0.4, 0.5) is 11.6 Å². The number of aromatic nitrogens is 2. The number of anilines is 2. The number of hydrazine groups is 1.